The van der Waals surface area contributed by atoms with Gasteiger partial charge < -0.3 is 0 Å². The molecule has 0 unspecified atom stereocenters. The maximum Gasteiger partial charge on any atom is 0.179 e. The molecule has 0 saturated heterocycles. The van der Waals surface area contributed by atoms with E-state index in [2.05, 4.69) is 40.2 Å². The second-order valence-electron chi connectivity index (χ2n) is 4.71. The van der Waals surface area contributed by atoms with E-state index >= 15 is 0 Å². The fraction of sp³-hybridized carbons (Fsp3) is 0.188. The molecule has 0 spiro atoms. The number of rotatable bonds is 1. The first-order valence-corrected chi connectivity index (χ1v) is 7.97. The summed E-state index contributed by atoms with van der Waals surface area (Å²) >= 11 is 5.34. The standard InChI is InChI=1S/C16H13BrOS/c1-10-7-8-13-12(9-10)15(18)14(17)16(19-13)11-5-3-2-4-6-11/h2-9,14,16H,1H3/t14-,16-/m1/s1. The monoisotopic (exact) mass is 332 g/mol. The molecule has 3 rings (SSSR count). The van der Waals surface area contributed by atoms with Gasteiger partial charge in [0.15, 0.2) is 5.78 Å². The molecule has 2 aromatic rings. The second kappa shape index (κ2) is 5.14. The van der Waals surface area contributed by atoms with Crippen LogP contribution in [-0.2, 0) is 0 Å². The second-order valence-corrected chi connectivity index (χ2v) is 6.88. The lowest BCUT2D eigenvalue weighted by molar-refractivity contribution is 0.0985. The maximum absolute atomic E-state index is 12.5. The number of alkyl halides is 1. The largest absolute Gasteiger partial charge is 0.293 e. The molecule has 0 aliphatic carbocycles. The Morgan fingerprint density at radius 1 is 1.11 bits per heavy atom. The van der Waals surface area contributed by atoms with Gasteiger partial charge in [-0.3, -0.25) is 4.79 Å². The van der Waals surface area contributed by atoms with Crippen molar-refractivity contribution < 1.29 is 4.79 Å². The number of hydrogen-bond donors (Lipinski definition) is 0. The average molecular weight is 333 g/mol. The molecule has 0 amide bonds. The van der Waals surface area contributed by atoms with E-state index in [4.69, 9.17) is 0 Å². The van der Waals surface area contributed by atoms with Gasteiger partial charge in [-0.15, -0.1) is 11.8 Å². The van der Waals surface area contributed by atoms with E-state index in [1.807, 2.05) is 31.2 Å². The van der Waals surface area contributed by atoms with E-state index in [1.54, 1.807) is 11.8 Å². The van der Waals surface area contributed by atoms with E-state index in [9.17, 15) is 4.79 Å². The number of carbonyl (C=O) groups excluding carboxylic acids is 1. The van der Waals surface area contributed by atoms with E-state index < -0.39 is 0 Å². The molecular weight excluding hydrogens is 320 g/mol. The predicted octanol–water partition coefficient (Wildman–Crippen LogP) is 4.79. The highest BCUT2D eigenvalue weighted by Gasteiger charge is 2.35. The first kappa shape index (κ1) is 12.9. The fourth-order valence-corrected chi connectivity index (χ4v) is 4.42. The van der Waals surface area contributed by atoms with Crippen molar-refractivity contribution in [1.82, 2.24) is 0 Å². The summed E-state index contributed by atoms with van der Waals surface area (Å²) in [6.07, 6.45) is 0. The van der Waals surface area contributed by atoms with E-state index in [1.165, 1.54) is 5.56 Å². The van der Waals surface area contributed by atoms with Crippen molar-refractivity contribution in [3.05, 3.63) is 65.2 Å². The Hall–Kier alpha value is -1.06. The zero-order valence-corrected chi connectivity index (χ0v) is 12.9. The van der Waals surface area contributed by atoms with E-state index in [0.29, 0.717) is 0 Å². The Bertz CT molecular complexity index is 624. The van der Waals surface area contributed by atoms with Crippen LogP contribution < -0.4 is 0 Å². The highest BCUT2D eigenvalue weighted by molar-refractivity contribution is 9.10. The van der Waals surface area contributed by atoms with Crippen LogP contribution in [-0.4, -0.2) is 10.6 Å². The number of fused-ring (bicyclic) bond motifs is 1. The Balaban J connectivity index is 2.04. The van der Waals surface area contributed by atoms with Gasteiger partial charge in [-0.05, 0) is 24.6 Å². The zero-order valence-electron chi connectivity index (χ0n) is 10.5. The number of carbonyl (C=O) groups is 1. The summed E-state index contributed by atoms with van der Waals surface area (Å²) < 4.78 is 0. The molecule has 0 saturated carbocycles. The van der Waals surface area contributed by atoms with E-state index in [-0.39, 0.29) is 15.9 Å². The van der Waals surface area contributed by atoms with Crippen molar-refractivity contribution >= 4 is 33.5 Å². The van der Waals surface area contributed by atoms with Gasteiger partial charge >= 0.3 is 0 Å². The average Bonchev–Trinajstić information content (AvgIpc) is 2.44. The molecule has 1 nitrogen and oxygen atoms in total. The number of thioether (sulfide) groups is 1. The van der Waals surface area contributed by atoms with Crippen LogP contribution in [0.3, 0.4) is 0 Å². The van der Waals surface area contributed by atoms with Crippen molar-refractivity contribution in [2.24, 2.45) is 0 Å². The lowest BCUT2D eigenvalue weighted by Gasteiger charge is -2.28. The van der Waals surface area contributed by atoms with Crippen LogP contribution in [0.4, 0.5) is 0 Å². The Morgan fingerprint density at radius 3 is 2.58 bits per heavy atom. The summed E-state index contributed by atoms with van der Waals surface area (Å²) in [7, 11) is 0. The van der Waals surface area contributed by atoms with Crippen LogP contribution in [0.2, 0.25) is 0 Å². The number of halogens is 1. The van der Waals surface area contributed by atoms with Crippen LogP contribution in [0.15, 0.2) is 53.4 Å². The summed E-state index contributed by atoms with van der Waals surface area (Å²) in [6, 6.07) is 16.3. The van der Waals surface area contributed by atoms with E-state index in [0.717, 1.165) is 16.0 Å². The third kappa shape index (κ3) is 2.37. The highest BCUT2D eigenvalue weighted by Crippen LogP contribution is 2.47. The van der Waals surface area contributed by atoms with Gasteiger partial charge in [0.1, 0.15) is 0 Å². The normalized spacial score (nSPS) is 22.1. The van der Waals surface area contributed by atoms with Crippen molar-refractivity contribution in [2.75, 3.05) is 0 Å². The summed E-state index contributed by atoms with van der Waals surface area (Å²) in [6.45, 7) is 2.02. The number of benzene rings is 2. The predicted molar refractivity (Wildman–Crippen MR) is 83.3 cm³/mol. The molecule has 0 N–H and O–H groups in total. The Morgan fingerprint density at radius 2 is 1.84 bits per heavy atom. The molecule has 1 aliphatic rings. The number of hydrogen-bond acceptors (Lipinski definition) is 2. The van der Waals surface area contributed by atoms with Crippen LogP contribution in [0.1, 0.15) is 26.7 Å². The summed E-state index contributed by atoms with van der Waals surface area (Å²) in [5.74, 6) is 0.186. The fourth-order valence-electron chi connectivity index (χ4n) is 2.30. The van der Waals surface area contributed by atoms with Crippen molar-refractivity contribution in [1.29, 1.82) is 0 Å². The summed E-state index contributed by atoms with van der Waals surface area (Å²) in [4.78, 5) is 13.4. The van der Waals surface area contributed by atoms with Gasteiger partial charge in [0, 0.05) is 10.5 Å². The first-order valence-electron chi connectivity index (χ1n) is 6.17. The SMILES string of the molecule is Cc1ccc2c(c1)C(=O)[C@@H](Br)[C@@H](c1ccccc1)S2. The molecule has 3 heteroatoms. The molecule has 2 aromatic carbocycles. The minimum absolute atomic E-state index is 0.143. The molecule has 19 heavy (non-hydrogen) atoms. The van der Waals surface area contributed by atoms with Gasteiger partial charge in [-0.2, -0.15) is 0 Å². The van der Waals surface area contributed by atoms with Gasteiger partial charge in [-0.25, -0.2) is 0 Å². The Kier molecular flexibility index (Phi) is 3.50. The molecule has 0 bridgehead atoms. The molecule has 0 radical (unpaired) electrons. The van der Waals surface area contributed by atoms with Gasteiger partial charge in [0.05, 0.1) is 10.1 Å². The van der Waals surface area contributed by atoms with Crippen molar-refractivity contribution in [2.45, 2.75) is 21.9 Å². The van der Waals surface area contributed by atoms with Crippen molar-refractivity contribution in [3.8, 4) is 0 Å². The smallest absolute Gasteiger partial charge is 0.179 e. The summed E-state index contributed by atoms with van der Waals surface area (Å²) in [5, 5.41) is 0.143. The van der Waals surface area contributed by atoms with Gasteiger partial charge in [0.25, 0.3) is 0 Å². The Labute approximate surface area is 125 Å². The topological polar surface area (TPSA) is 17.1 Å². The molecule has 2 atom stereocenters. The molecule has 0 fully saturated rings. The molecule has 1 heterocycles. The van der Waals surface area contributed by atoms with Crippen molar-refractivity contribution in [3.63, 3.8) is 0 Å². The van der Waals surface area contributed by atoms with Gasteiger partial charge in [-0.1, -0.05) is 57.9 Å². The minimum atomic E-state index is -0.158. The lowest BCUT2D eigenvalue weighted by Crippen LogP contribution is -2.25. The summed E-state index contributed by atoms with van der Waals surface area (Å²) in [5.41, 5.74) is 3.17. The molecule has 96 valence electrons. The number of aryl methyl sites for hydroxylation is 1. The molecule has 1 aliphatic heterocycles. The van der Waals surface area contributed by atoms with Crippen LogP contribution >= 0.6 is 27.7 Å². The number of Topliss-reactive ketones (excluding diaryl/α,β-unsaturated/α-hetero) is 1. The minimum Gasteiger partial charge on any atom is -0.293 e. The van der Waals surface area contributed by atoms with Crippen LogP contribution in [0.25, 0.3) is 0 Å². The maximum atomic E-state index is 12.5. The third-order valence-corrected chi connectivity index (χ3v) is 6.00. The zero-order chi connectivity index (χ0) is 13.4. The van der Waals surface area contributed by atoms with Crippen LogP contribution in [0, 0.1) is 6.92 Å². The number of ketones is 1. The quantitative estimate of drug-likeness (QED) is 0.698. The lowest BCUT2D eigenvalue weighted by atomic mass is 10.00. The van der Waals surface area contributed by atoms with Crippen LogP contribution in [0.5, 0.6) is 0 Å². The van der Waals surface area contributed by atoms with Gasteiger partial charge in [0.2, 0.25) is 0 Å². The third-order valence-electron chi connectivity index (χ3n) is 3.30. The molecular formula is C16H13BrOS. The first-order chi connectivity index (χ1) is 9.16. The highest BCUT2D eigenvalue weighted by atomic mass is 79.9. The molecule has 0 aromatic heterocycles.